The summed E-state index contributed by atoms with van der Waals surface area (Å²) in [7, 11) is 0. The Labute approximate surface area is 120 Å². The normalized spacial score (nSPS) is 10.3. The second kappa shape index (κ2) is 5.78. The molecule has 0 aliphatic rings. The van der Waals surface area contributed by atoms with E-state index in [2.05, 4.69) is 0 Å². The maximum Gasteiger partial charge on any atom is 0.258 e. The maximum atomic E-state index is 12.7. The molecular weight excluding hydrogens is 248 g/mol. The lowest BCUT2D eigenvalue weighted by Gasteiger charge is -2.23. The summed E-state index contributed by atoms with van der Waals surface area (Å²) >= 11 is 0. The van der Waals surface area contributed by atoms with Crippen LogP contribution in [0.5, 0.6) is 0 Å². The Morgan fingerprint density at radius 1 is 1.15 bits per heavy atom. The molecule has 104 valence electrons. The molecule has 0 saturated carbocycles. The zero-order chi connectivity index (χ0) is 14.7. The van der Waals surface area contributed by atoms with Gasteiger partial charge in [0.1, 0.15) is 0 Å². The van der Waals surface area contributed by atoms with Crippen LogP contribution in [0, 0.1) is 13.8 Å². The van der Waals surface area contributed by atoms with Gasteiger partial charge in [0.15, 0.2) is 0 Å². The zero-order valence-electron chi connectivity index (χ0n) is 12.2. The molecule has 0 heterocycles. The molecule has 0 aliphatic carbocycles. The Hall–Kier alpha value is -2.29. The first-order chi connectivity index (χ1) is 9.54. The van der Waals surface area contributed by atoms with Crippen LogP contribution < -0.4 is 10.6 Å². The SMILES string of the molecule is CCN(C(=O)c1ccc(C)cc1C)c1ccccc1N. The molecule has 3 nitrogen and oxygen atoms in total. The Balaban J connectivity index is 2.42. The second-order valence-electron chi connectivity index (χ2n) is 4.93. The molecule has 1 amide bonds. The van der Waals surface area contributed by atoms with Gasteiger partial charge in [-0.1, -0.05) is 29.8 Å². The highest BCUT2D eigenvalue weighted by molar-refractivity contribution is 6.08. The summed E-state index contributed by atoms with van der Waals surface area (Å²) in [6, 6.07) is 13.3. The van der Waals surface area contributed by atoms with Crippen molar-refractivity contribution < 1.29 is 4.79 Å². The number of hydrogen-bond donors (Lipinski definition) is 1. The van der Waals surface area contributed by atoms with E-state index in [9.17, 15) is 4.79 Å². The zero-order valence-corrected chi connectivity index (χ0v) is 12.2. The third kappa shape index (κ3) is 2.67. The van der Waals surface area contributed by atoms with Crippen molar-refractivity contribution >= 4 is 17.3 Å². The molecule has 0 saturated heterocycles. The van der Waals surface area contributed by atoms with Gasteiger partial charge >= 0.3 is 0 Å². The molecule has 0 aromatic heterocycles. The number of nitrogens with zero attached hydrogens (tertiary/aromatic N) is 1. The van der Waals surface area contributed by atoms with Crippen molar-refractivity contribution in [3.8, 4) is 0 Å². The van der Waals surface area contributed by atoms with Gasteiger partial charge in [-0.3, -0.25) is 4.79 Å². The molecule has 0 aliphatic heterocycles. The molecule has 0 unspecified atom stereocenters. The van der Waals surface area contributed by atoms with E-state index in [0.717, 1.165) is 22.4 Å². The average Bonchev–Trinajstić information content (AvgIpc) is 2.41. The van der Waals surface area contributed by atoms with Crippen LogP contribution in [-0.4, -0.2) is 12.5 Å². The minimum absolute atomic E-state index is 0.0112. The topological polar surface area (TPSA) is 46.3 Å². The highest BCUT2D eigenvalue weighted by Crippen LogP contribution is 2.25. The summed E-state index contributed by atoms with van der Waals surface area (Å²) in [5.74, 6) is -0.0112. The Bertz CT molecular complexity index is 635. The van der Waals surface area contributed by atoms with E-state index in [1.807, 2.05) is 63.2 Å². The van der Waals surface area contributed by atoms with E-state index in [1.165, 1.54) is 0 Å². The minimum atomic E-state index is -0.0112. The van der Waals surface area contributed by atoms with Crippen molar-refractivity contribution in [1.82, 2.24) is 0 Å². The van der Waals surface area contributed by atoms with Gasteiger partial charge in [0.2, 0.25) is 0 Å². The fourth-order valence-corrected chi connectivity index (χ4v) is 2.36. The van der Waals surface area contributed by atoms with Crippen LogP contribution >= 0.6 is 0 Å². The number of rotatable bonds is 3. The van der Waals surface area contributed by atoms with E-state index in [-0.39, 0.29) is 5.91 Å². The van der Waals surface area contributed by atoms with Gasteiger partial charge in [0.25, 0.3) is 5.91 Å². The number of nitrogen functional groups attached to an aromatic ring is 1. The molecule has 0 bridgehead atoms. The van der Waals surface area contributed by atoms with Crippen LogP contribution in [0.2, 0.25) is 0 Å². The fraction of sp³-hybridized carbons (Fsp3) is 0.235. The highest BCUT2D eigenvalue weighted by Gasteiger charge is 2.19. The first kappa shape index (κ1) is 14.1. The lowest BCUT2D eigenvalue weighted by molar-refractivity contribution is 0.0988. The van der Waals surface area contributed by atoms with Crippen molar-refractivity contribution in [3.05, 3.63) is 59.2 Å². The highest BCUT2D eigenvalue weighted by atomic mass is 16.2. The summed E-state index contributed by atoms with van der Waals surface area (Å²) in [5.41, 5.74) is 10.2. The van der Waals surface area contributed by atoms with Gasteiger partial charge in [0, 0.05) is 12.1 Å². The van der Waals surface area contributed by atoms with Crippen molar-refractivity contribution in [2.24, 2.45) is 0 Å². The number of nitrogens with two attached hydrogens (primary N) is 1. The molecule has 0 radical (unpaired) electrons. The van der Waals surface area contributed by atoms with Crippen LogP contribution in [0.1, 0.15) is 28.4 Å². The van der Waals surface area contributed by atoms with Gasteiger partial charge in [-0.2, -0.15) is 0 Å². The number of hydrogen-bond acceptors (Lipinski definition) is 2. The van der Waals surface area contributed by atoms with Crippen LogP contribution in [0.15, 0.2) is 42.5 Å². The summed E-state index contributed by atoms with van der Waals surface area (Å²) in [5, 5.41) is 0. The summed E-state index contributed by atoms with van der Waals surface area (Å²) in [6.07, 6.45) is 0. The Kier molecular flexibility index (Phi) is 4.08. The largest absolute Gasteiger partial charge is 0.397 e. The molecule has 20 heavy (non-hydrogen) atoms. The predicted octanol–water partition coefficient (Wildman–Crippen LogP) is 3.55. The Morgan fingerprint density at radius 3 is 2.45 bits per heavy atom. The maximum absolute atomic E-state index is 12.7. The third-order valence-electron chi connectivity index (χ3n) is 3.40. The number of para-hydroxylation sites is 2. The number of aryl methyl sites for hydroxylation is 2. The summed E-state index contributed by atoms with van der Waals surface area (Å²) in [4.78, 5) is 14.4. The number of anilines is 2. The number of amides is 1. The molecular formula is C17H20N2O. The van der Waals surface area contributed by atoms with Crippen molar-refractivity contribution in [3.63, 3.8) is 0 Å². The van der Waals surface area contributed by atoms with Crippen LogP contribution in [-0.2, 0) is 0 Å². The smallest absolute Gasteiger partial charge is 0.258 e. The van der Waals surface area contributed by atoms with Crippen molar-refractivity contribution in [1.29, 1.82) is 0 Å². The monoisotopic (exact) mass is 268 g/mol. The van der Waals surface area contributed by atoms with E-state index < -0.39 is 0 Å². The molecule has 2 aromatic carbocycles. The molecule has 0 fully saturated rings. The van der Waals surface area contributed by atoms with E-state index in [4.69, 9.17) is 5.73 Å². The minimum Gasteiger partial charge on any atom is -0.397 e. The van der Waals surface area contributed by atoms with Crippen molar-refractivity contribution in [2.45, 2.75) is 20.8 Å². The lowest BCUT2D eigenvalue weighted by Crippen LogP contribution is -2.31. The summed E-state index contributed by atoms with van der Waals surface area (Å²) in [6.45, 7) is 6.52. The fourth-order valence-electron chi connectivity index (χ4n) is 2.36. The quantitative estimate of drug-likeness (QED) is 0.865. The summed E-state index contributed by atoms with van der Waals surface area (Å²) < 4.78 is 0. The lowest BCUT2D eigenvalue weighted by atomic mass is 10.0. The van der Waals surface area contributed by atoms with Gasteiger partial charge in [0.05, 0.1) is 11.4 Å². The molecule has 0 atom stereocenters. The molecule has 0 spiro atoms. The number of carbonyl (C=O) groups excluding carboxylic acids is 1. The molecule has 2 rings (SSSR count). The number of carbonyl (C=O) groups is 1. The van der Waals surface area contributed by atoms with Gasteiger partial charge in [-0.15, -0.1) is 0 Å². The van der Waals surface area contributed by atoms with Crippen LogP contribution in [0.3, 0.4) is 0 Å². The standard InChI is InChI=1S/C17H20N2O/c1-4-19(16-8-6-5-7-15(16)18)17(20)14-10-9-12(2)11-13(14)3/h5-11H,4,18H2,1-3H3. The van der Waals surface area contributed by atoms with Gasteiger partial charge < -0.3 is 10.6 Å². The van der Waals surface area contributed by atoms with E-state index >= 15 is 0 Å². The van der Waals surface area contributed by atoms with Crippen molar-refractivity contribution in [2.75, 3.05) is 17.2 Å². The predicted molar refractivity (Wildman–Crippen MR) is 84.1 cm³/mol. The first-order valence-corrected chi connectivity index (χ1v) is 6.78. The average molecular weight is 268 g/mol. The van der Waals surface area contributed by atoms with Crippen LogP contribution in [0.4, 0.5) is 11.4 Å². The second-order valence-corrected chi connectivity index (χ2v) is 4.93. The van der Waals surface area contributed by atoms with E-state index in [0.29, 0.717) is 12.2 Å². The van der Waals surface area contributed by atoms with Gasteiger partial charge in [-0.25, -0.2) is 0 Å². The molecule has 2 aromatic rings. The van der Waals surface area contributed by atoms with Gasteiger partial charge in [-0.05, 0) is 44.5 Å². The first-order valence-electron chi connectivity index (χ1n) is 6.78. The van der Waals surface area contributed by atoms with E-state index in [1.54, 1.807) is 4.90 Å². The number of benzene rings is 2. The third-order valence-corrected chi connectivity index (χ3v) is 3.40. The van der Waals surface area contributed by atoms with Crippen LogP contribution in [0.25, 0.3) is 0 Å². The Morgan fingerprint density at radius 2 is 1.85 bits per heavy atom. The molecule has 2 N–H and O–H groups in total. The molecule has 3 heteroatoms.